The van der Waals surface area contributed by atoms with Crippen LogP contribution in [0.15, 0.2) is 39.4 Å². The van der Waals surface area contributed by atoms with Crippen LogP contribution in [0.5, 0.6) is 0 Å². The minimum atomic E-state index is -0.350. The van der Waals surface area contributed by atoms with Crippen molar-refractivity contribution in [3.05, 3.63) is 61.9 Å². The lowest BCUT2D eigenvalue weighted by Gasteiger charge is -2.03. The van der Waals surface area contributed by atoms with Crippen LogP contribution in [-0.4, -0.2) is 19.2 Å². The Kier molecular flexibility index (Phi) is 2.89. The Morgan fingerprint density at radius 3 is 2.95 bits per heavy atom. The minimum Gasteiger partial charge on any atom is -0.269 e. The molecular formula is C12H7N5O2S. The van der Waals surface area contributed by atoms with Crippen molar-refractivity contribution >= 4 is 16.3 Å². The van der Waals surface area contributed by atoms with Gasteiger partial charge in [-0.1, -0.05) is 0 Å². The number of fused-ring (bicyclic) bond motifs is 1. The molecule has 0 saturated carbocycles. The van der Waals surface area contributed by atoms with Gasteiger partial charge in [-0.25, -0.2) is 9.67 Å². The average Bonchev–Trinajstić information content (AvgIpc) is 2.90. The average molecular weight is 285 g/mol. The summed E-state index contributed by atoms with van der Waals surface area (Å²) in [7, 11) is 0. The second-order valence-corrected chi connectivity index (χ2v) is 4.84. The van der Waals surface area contributed by atoms with E-state index in [1.54, 1.807) is 11.6 Å². The summed E-state index contributed by atoms with van der Waals surface area (Å²) >= 11 is 1.33. The number of nitriles is 1. The van der Waals surface area contributed by atoms with Gasteiger partial charge in [0.1, 0.15) is 6.07 Å². The van der Waals surface area contributed by atoms with Crippen molar-refractivity contribution in [2.24, 2.45) is 0 Å². The topological polar surface area (TPSA) is 93.0 Å². The van der Waals surface area contributed by atoms with Gasteiger partial charge in [0.25, 0.3) is 11.1 Å². The van der Waals surface area contributed by atoms with E-state index < -0.39 is 0 Å². The first-order chi connectivity index (χ1) is 9.67. The predicted octanol–water partition coefficient (Wildman–Crippen LogP) is 0.233. The molecule has 0 aromatic carbocycles. The molecule has 20 heavy (non-hydrogen) atoms. The summed E-state index contributed by atoms with van der Waals surface area (Å²) in [6.45, 7) is 0.0536. The largest absolute Gasteiger partial charge is 0.269 e. The standard InChI is InChI=1S/C12H7N5O2S/c13-6-8-1-2-10(18)17(15-8)7-9-5-11(19)16-3-4-20-12(16)14-9/h1-5H,7H2. The Balaban J connectivity index is 2.07. The van der Waals surface area contributed by atoms with Crippen molar-refractivity contribution in [2.45, 2.75) is 6.54 Å². The van der Waals surface area contributed by atoms with E-state index >= 15 is 0 Å². The molecule has 3 heterocycles. The van der Waals surface area contributed by atoms with Crippen LogP contribution >= 0.6 is 11.3 Å². The van der Waals surface area contributed by atoms with E-state index in [0.29, 0.717) is 10.7 Å². The van der Waals surface area contributed by atoms with Gasteiger partial charge in [-0.3, -0.25) is 14.0 Å². The summed E-state index contributed by atoms with van der Waals surface area (Å²) in [5, 5.41) is 14.4. The zero-order chi connectivity index (χ0) is 14.1. The van der Waals surface area contributed by atoms with Crippen molar-refractivity contribution in [3.63, 3.8) is 0 Å². The Morgan fingerprint density at radius 2 is 2.15 bits per heavy atom. The van der Waals surface area contributed by atoms with Gasteiger partial charge >= 0.3 is 0 Å². The summed E-state index contributed by atoms with van der Waals surface area (Å²) in [5.41, 5.74) is 0.00794. The molecule has 0 N–H and O–H groups in total. The molecule has 0 unspecified atom stereocenters. The van der Waals surface area contributed by atoms with Crippen molar-refractivity contribution in [3.8, 4) is 6.07 Å². The van der Waals surface area contributed by atoms with Crippen LogP contribution < -0.4 is 11.1 Å². The zero-order valence-electron chi connectivity index (χ0n) is 10.1. The van der Waals surface area contributed by atoms with Crippen LogP contribution in [0, 0.1) is 11.3 Å². The van der Waals surface area contributed by atoms with E-state index in [2.05, 4.69) is 10.1 Å². The fourth-order valence-electron chi connectivity index (χ4n) is 1.74. The van der Waals surface area contributed by atoms with Crippen LogP contribution in [0.25, 0.3) is 4.96 Å². The van der Waals surface area contributed by atoms with Gasteiger partial charge < -0.3 is 0 Å². The third kappa shape index (κ3) is 2.10. The molecule has 0 fully saturated rings. The van der Waals surface area contributed by atoms with Crippen molar-refractivity contribution < 1.29 is 0 Å². The van der Waals surface area contributed by atoms with Crippen molar-refractivity contribution in [1.82, 2.24) is 19.2 Å². The smallest absolute Gasteiger partial charge is 0.267 e. The SMILES string of the molecule is N#Cc1ccc(=O)n(Cc2cc(=O)n3ccsc3n2)n1. The summed E-state index contributed by atoms with van der Waals surface area (Å²) < 4.78 is 2.54. The van der Waals surface area contributed by atoms with Crippen molar-refractivity contribution in [1.29, 1.82) is 5.26 Å². The number of hydrogen-bond acceptors (Lipinski definition) is 6. The first-order valence-electron chi connectivity index (χ1n) is 5.61. The highest BCUT2D eigenvalue weighted by Crippen LogP contribution is 2.06. The lowest BCUT2D eigenvalue weighted by molar-refractivity contribution is 0.623. The molecule has 0 radical (unpaired) electrons. The number of aromatic nitrogens is 4. The lowest BCUT2D eigenvalue weighted by Crippen LogP contribution is -2.25. The fraction of sp³-hybridized carbons (Fsp3) is 0.0833. The third-order valence-electron chi connectivity index (χ3n) is 2.65. The summed E-state index contributed by atoms with van der Waals surface area (Å²) in [6, 6.07) is 5.83. The van der Waals surface area contributed by atoms with E-state index in [1.807, 2.05) is 6.07 Å². The summed E-state index contributed by atoms with van der Waals surface area (Å²) in [4.78, 5) is 28.3. The molecule has 3 aromatic heterocycles. The van der Waals surface area contributed by atoms with Gasteiger partial charge in [0, 0.05) is 23.7 Å². The van der Waals surface area contributed by atoms with E-state index in [9.17, 15) is 9.59 Å². The quantitative estimate of drug-likeness (QED) is 0.672. The van der Waals surface area contributed by atoms with Gasteiger partial charge in [0.15, 0.2) is 10.7 Å². The van der Waals surface area contributed by atoms with Gasteiger partial charge in [-0.15, -0.1) is 11.3 Å². The molecular weight excluding hydrogens is 278 g/mol. The minimum absolute atomic E-state index is 0.0536. The predicted molar refractivity (Wildman–Crippen MR) is 71.7 cm³/mol. The number of hydrogen-bond donors (Lipinski definition) is 0. The first kappa shape index (κ1) is 12.3. The molecule has 0 saturated heterocycles. The zero-order valence-corrected chi connectivity index (χ0v) is 10.9. The fourth-order valence-corrected chi connectivity index (χ4v) is 2.48. The molecule has 0 spiro atoms. The van der Waals surface area contributed by atoms with E-state index in [4.69, 9.17) is 5.26 Å². The molecule has 3 aromatic rings. The Bertz CT molecular complexity index is 947. The van der Waals surface area contributed by atoms with Crippen LogP contribution in [0.4, 0.5) is 0 Å². The second-order valence-electron chi connectivity index (χ2n) is 3.97. The van der Waals surface area contributed by atoms with Gasteiger partial charge in [0.05, 0.1) is 12.2 Å². The molecule has 98 valence electrons. The van der Waals surface area contributed by atoms with Gasteiger partial charge in [0.2, 0.25) is 0 Å². The third-order valence-corrected chi connectivity index (χ3v) is 3.41. The molecule has 0 amide bonds. The highest BCUT2D eigenvalue weighted by molar-refractivity contribution is 7.15. The maximum Gasteiger partial charge on any atom is 0.267 e. The Labute approximate surface area is 116 Å². The van der Waals surface area contributed by atoms with Crippen LogP contribution in [0.1, 0.15) is 11.4 Å². The van der Waals surface area contributed by atoms with E-state index in [-0.39, 0.29) is 23.4 Å². The first-order valence-corrected chi connectivity index (χ1v) is 6.49. The molecule has 8 heteroatoms. The number of thiazole rings is 1. The molecule has 3 rings (SSSR count). The lowest BCUT2D eigenvalue weighted by atomic mass is 10.4. The molecule has 0 aliphatic rings. The molecule has 0 aliphatic carbocycles. The Morgan fingerprint density at radius 1 is 1.30 bits per heavy atom. The maximum absolute atomic E-state index is 11.8. The summed E-state index contributed by atoms with van der Waals surface area (Å²) in [6.07, 6.45) is 1.64. The molecule has 0 atom stereocenters. The molecule has 7 nitrogen and oxygen atoms in total. The molecule has 0 aliphatic heterocycles. The summed E-state index contributed by atoms with van der Waals surface area (Å²) in [5.74, 6) is 0. The second kappa shape index (κ2) is 4.71. The van der Waals surface area contributed by atoms with Gasteiger partial charge in [-0.05, 0) is 6.07 Å². The van der Waals surface area contributed by atoms with Crippen LogP contribution in [0.2, 0.25) is 0 Å². The van der Waals surface area contributed by atoms with Gasteiger partial charge in [-0.2, -0.15) is 10.4 Å². The number of rotatable bonds is 2. The Hall–Kier alpha value is -2.79. The maximum atomic E-state index is 11.8. The van der Waals surface area contributed by atoms with Crippen molar-refractivity contribution in [2.75, 3.05) is 0 Å². The van der Waals surface area contributed by atoms with E-state index in [0.717, 1.165) is 4.68 Å². The normalized spacial score (nSPS) is 10.6. The highest BCUT2D eigenvalue weighted by atomic mass is 32.1. The van der Waals surface area contributed by atoms with Crippen LogP contribution in [-0.2, 0) is 6.54 Å². The number of nitrogens with zero attached hydrogens (tertiary/aromatic N) is 5. The monoisotopic (exact) mass is 285 g/mol. The van der Waals surface area contributed by atoms with E-state index in [1.165, 1.54) is 33.9 Å². The highest BCUT2D eigenvalue weighted by Gasteiger charge is 2.06. The molecule has 0 bridgehead atoms. The van der Waals surface area contributed by atoms with Crippen LogP contribution in [0.3, 0.4) is 0 Å².